The van der Waals surface area contributed by atoms with Crippen molar-refractivity contribution in [1.29, 1.82) is 0 Å². The van der Waals surface area contributed by atoms with E-state index in [2.05, 4.69) is 10.5 Å². The van der Waals surface area contributed by atoms with Crippen LogP contribution in [0.1, 0.15) is 13.8 Å². The lowest BCUT2D eigenvalue weighted by Crippen LogP contribution is -2.01. The van der Waals surface area contributed by atoms with Crippen LogP contribution in [-0.2, 0) is 0 Å². The van der Waals surface area contributed by atoms with Crippen LogP contribution in [0.2, 0.25) is 0 Å². The number of nitrogens with zero attached hydrogens (tertiary/aromatic N) is 1. The van der Waals surface area contributed by atoms with Crippen LogP contribution in [0, 0.1) is 0 Å². The Morgan fingerprint density at radius 1 is 1.56 bits per heavy atom. The van der Waals surface area contributed by atoms with Crippen molar-refractivity contribution in [3.05, 3.63) is 11.8 Å². The molecule has 0 aromatic heterocycles. The molecule has 0 radical (unpaired) electrons. The van der Waals surface area contributed by atoms with Gasteiger partial charge in [0.15, 0.2) is 0 Å². The highest BCUT2D eigenvalue weighted by molar-refractivity contribution is 5.92. The number of nitrogens with two attached hydrogens (primary N) is 1. The monoisotopic (exact) mass is 127 g/mol. The van der Waals surface area contributed by atoms with E-state index >= 15 is 0 Å². The normalized spacial score (nSPS) is 13.7. The summed E-state index contributed by atoms with van der Waals surface area (Å²) in [7, 11) is 1.75. The van der Waals surface area contributed by atoms with Gasteiger partial charge >= 0.3 is 0 Å². The fraction of sp³-hybridized carbons (Fsp3) is 0.500. The van der Waals surface area contributed by atoms with Crippen molar-refractivity contribution in [2.24, 2.45) is 10.8 Å². The number of hydrogen-bond acceptors (Lipinski definition) is 3. The van der Waals surface area contributed by atoms with Gasteiger partial charge in [-0.15, -0.1) is 0 Å². The summed E-state index contributed by atoms with van der Waals surface area (Å²) in [6.07, 6.45) is 1.80. The van der Waals surface area contributed by atoms with Crippen molar-refractivity contribution >= 4 is 5.71 Å². The Labute approximate surface area is 55.6 Å². The van der Waals surface area contributed by atoms with Gasteiger partial charge in [-0.1, -0.05) is 0 Å². The summed E-state index contributed by atoms with van der Waals surface area (Å²) in [6, 6.07) is 0. The molecule has 0 heterocycles. The largest absolute Gasteiger partial charge is 0.402 e. The Kier molecular flexibility index (Phi) is 3.51. The van der Waals surface area contributed by atoms with Crippen molar-refractivity contribution in [2.75, 3.05) is 7.05 Å². The summed E-state index contributed by atoms with van der Waals surface area (Å²) < 4.78 is 0. The lowest BCUT2D eigenvalue weighted by Gasteiger charge is -1.91. The van der Waals surface area contributed by atoms with Crippen LogP contribution in [0.15, 0.2) is 16.9 Å². The zero-order chi connectivity index (χ0) is 7.28. The minimum Gasteiger partial charge on any atom is -0.402 e. The number of hydrazone groups is 1. The van der Waals surface area contributed by atoms with E-state index in [-0.39, 0.29) is 0 Å². The molecule has 0 rings (SSSR count). The topological polar surface area (TPSA) is 50.4 Å². The average Bonchev–Trinajstić information content (AvgIpc) is 1.63. The number of nitrogens with one attached hydrogen (secondary N) is 1. The van der Waals surface area contributed by atoms with Gasteiger partial charge in [0, 0.05) is 12.7 Å². The summed E-state index contributed by atoms with van der Waals surface area (Å²) in [4.78, 5) is 0. The highest BCUT2D eigenvalue weighted by atomic mass is 15.3. The molecule has 0 aliphatic heterocycles. The smallest absolute Gasteiger partial charge is 0.0588 e. The first-order valence-corrected chi connectivity index (χ1v) is 2.81. The van der Waals surface area contributed by atoms with Gasteiger partial charge in [0.2, 0.25) is 0 Å². The maximum Gasteiger partial charge on any atom is 0.0588 e. The molecule has 0 aromatic carbocycles. The molecule has 0 aromatic rings. The molecule has 3 nitrogen and oxygen atoms in total. The molecule has 0 unspecified atom stereocenters. The van der Waals surface area contributed by atoms with Crippen LogP contribution in [-0.4, -0.2) is 12.8 Å². The van der Waals surface area contributed by atoms with E-state index in [1.54, 1.807) is 13.1 Å². The first-order chi connectivity index (χ1) is 4.16. The standard InChI is InChI=1S/C6H13N3/c1-5(7)4-6(2)9-8-3/h4,8H,7H2,1-3H3. The first kappa shape index (κ1) is 8.01. The predicted molar refractivity (Wildman–Crippen MR) is 40.1 cm³/mol. The van der Waals surface area contributed by atoms with Crippen LogP contribution in [0.4, 0.5) is 0 Å². The van der Waals surface area contributed by atoms with Crippen LogP contribution in [0.25, 0.3) is 0 Å². The van der Waals surface area contributed by atoms with E-state index in [0.717, 1.165) is 11.4 Å². The summed E-state index contributed by atoms with van der Waals surface area (Å²) in [5, 5.41) is 3.88. The second kappa shape index (κ2) is 3.95. The predicted octanol–water partition coefficient (Wildman–Crippen LogP) is 0.444. The quantitative estimate of drug-likeness (QED) is 0.418. The van der Waals surface area contributed by atoms with Gasteiger partial charge in [0.05, 0.1) is 5.71 Å². The van der Waals surface area contributed by atoms with E-state index < -0.39 is 0 Å². The third-order valence-electron chi connectivity index (χ3n) is 0.725. The van der Waals surface area contributed by atoms with Crippen molar-refractivity contribution in [2.45, 2.75) is 13.8 Å². The SMILES string of the molecule is CNN=C(C)C=C(C)N. The molecule has 0 bridgehead atoms. The lowest BCUT2D eigenvalue weighted by molar-refractivity contribution is 0.900. The van der Waals surface area contributed by atoms with Gasteiger partial charge in [-0.3, -0.25) is 0 Å². The Morgan fingerprint density at radius 3 is 2.44 bits per heavy atom. The van der Waals surface area contributed by atoms with Crippen LogP contribution in [0.5, 0.6) is 0 Å². The van der Waals surface area contributed by atoms with Crippen LogP contribution in [0.3, 0.4) is 0 Å². The zero-order valence-electron chi connectivity index (χ0n) is 6.10. The number of allylic oxidation sites excluding steroid dienone is 2. The molecule has 0 aliphatic rings. The Morgan fingerprint density at radius 2 is 2.11 bits per heavy atom. The van der Waals surface area contributed by atoms with Crippen LogP contribution >= 0.6 is 0 Å². The second-order valence-corrected chi connectivity index (χ2v) is 1.87. The van der Waals surface area contributed by atoms with Crippen molar-refractivity contribution in [3.63, 3.8) is 0 Å². The molecule has 0 saturated carbocycles. The summed E-state index contributed by atoms with van der Waals surface area (Å²) in [5.41, 5.74) is 9.69. The molecule has 0 amide bonds. The van der Waals surface area contributed by atoms with E-state index in [0.29, 0.717) is 0 Å². The number of hydrogen-bond donors (Lipinski definition) is 2. The fourth-order valence-corrected chi connectivity index (χ4v) is 0.538. The summed E-state index contributed by atoms with van der Waals surface area (Å²) in [6.45, 7) is 3.71. The van der Waals surface area contributed by atoms with E-state index in [1.165, 1.54) is 0 Å². The van der Waals surface area contributed by atoms with Gasteiger partial charge < -0.3 is 11.2 Å². The molecule has 3 N–H and O–H groups in total. The van der Waals surface area contributed by atoms with Gasteiger partial charge in [-0.2, -0.15) is 5.10 Å². The molecule has 0 aliphatic carbocycles. The van der Waals surface area contributed by atoms with E-state index in [1.807, 2.05) is 13.8 Å². The molecular formula is C6H13N3. The summed E-state index contributed by atoms with van der Waals surface area (Å²) in [5.74, 6) is 0. The Balaban J connectivity index is 3.90. The summed E-state index contributed by atoms with van der Waals surface area (Å²) >= 11 is 0. The maximum absolute atomic E-state index is 5.38. The average molecular weight is 127 g/mol. The third-order valence-corrected chi connectivity index (χ3v) is 0.725. The van der Waals surface area contributed by atoms with Gasteiger partial charge in [0.1, 0.15) is 0 Å². The fourth-order valence-electron chi connectivity index (χ4n) is 0.538. The Hall–Kier alpha value is -0.990. The van der Waals surface area contributed by atoms with E-state index in [4.69, 9.17) is 5.73 Å². The van der Waals surface area contributed by atoms with E-state index in [9.17, 15) is 0 Å². The number of rotatable bonds is 2. The van der Waals surface area contributed by atoms with Gasteiger partial charge in [-0.25, -0.2) is 0 Å². The van der Waals surface area contributed by atoms with Crippen LogP contribution < -0.4 is 11.2 Å². The lowest BCUT2D eigenvalue weighted by atomic mass is 10.3. The second-order valence-electron chi connectivity index (χ2n) is 1.87. The molecule has 3 heteroatoms. The van der Waals surface area contributed by atoms with Gasteiger partial charge in [-0.05, 0) is 19.9 Å². The minimum absolute atomic E-state index is 0.770. The minimum atomic E-state index is 0.770. The van der Waals surface area contributed by atoms with Crippen molar-refractivity contribution in [3.8, 4) is 0 Å². The first-order valence-electron chi connectivity index (χ1n) is 2.81. The molecule has 9 heavy (non-hydrogen) atoms. The highest BCUT2D eigenvalue weighted by Crippen LogP contribution is 1.82. The highest BCUT2D eigenvalue weighted by Gasteiger charge is 1.81. The molecule has 0 fully saturated rings. The van der Waals surface area contributed by atoms with Crippen molar-refractivity contribution < 1.29 is 0 Å². The molecule has 0 saturated heterocycles. The van der Waals surface area contributed by atoms with Gasteiger partial charge in [0.25, 0.3) is 0 Å². The maximum atomic E-state index is 5.38. The molecular weight excluding hydrogens is 114 g/mol. The molecule has 0 spiro atoms. The van der Waals surface area contributed by atoms with Crippen molar-refractivity contribution in [1.82, 2.24) is 5.43 Å². The molecule has 52 valence electrons. The zero-order valence-corrected chi connectivity index (χ0v) is 6.10. The third kappa shape index (κ3) is 4.87. The Bertz CT molecular complexity index is 131. The molecule has 0 atom stereocenters.